The van der Waals surface area contributed by atoms with E-state index in [0.717, 1.165) is 49.3 Å². The first-order valence-electron chi connectivity index (χ1n) is 9.78. The molecule has 0 aliphatic carbocycles. The van der Waals surface area contributed by atoms with Crippen molar-refractivity contribution in [2.24, 2.45) is 7.05 Å². The Morgan fingerprint density at radius 2 is 1.79 bits per heavy atom. The minimum Gasteiger partial charge on any atom is -0.331 e. The molecule has 1 N–H and O–H groups in total. The Hall–Kier alpha value is -2.71. The average Bonchev–Trinajstić information content (AvgIpc) is 3.14. The maximum atomic E-state index is 12.7. The fraction of sp³-hybridized carbons (Fsp3) is 0.333. The molecule has 0 unspecified atom stereocenters. The van der Waals surface area contributed by atoms with Crippen molar-refractivity contribution in [2.75, 3.05) is 31.9 Å². The summed E-state index contributed by atoms with van der Waals surface area (Å²) in [6.07, 6.45) is 3.47. The van der Waals surface area contributed by atoms with Gasteiger partial charge in [-0.2, -0.15) is 0 Å². The topological polar surface area (TPSA) is 68.4 Å². The van der Waals surface area contributed by atoms with Gasteiger partial charge in [0.25, 0.3) is 0 Å². The molecule has 4 rings (SSSR count). The molecule has 8 heteroatoms. The number of carbonyl (C=O) groups excluding carboxylic acids is 1. The Morgan fingerprint density at radius 1 is 1.07 bits per heavy atom. The van der Waals surface area contributed by atoms with Crippen LogP contribution in [-0.2, 0) is 18.4 Å². The summed E-state index contributed by atoms with van der Waals surface area (Å²) < 4.78 is 1.93. The van der Waals surface area contributed by atoms with E-state index in [2.05, 4.69) is 39.4 Å². The van der Waals surface area contributed by atoms with Gasteiger partial charge in [0.05, 0.1) is 31.9 Å². The molecule has 150 valence electrons. The molecule has 3 heterocycles. The highest BCUT2D eigenvalue weighted by molar-refractivity contribution is 7.99. The molecule has 0 spiro atoms. The molecule has 1 saturated heterocycles. The van der Waals surface area contributed by atoms with E-state index in [9.17, 15) is 4.79 Å². The van der Waals surface area contributed by atoms with Crippen molar-refractivity contribution in [1.82, 2.24) is 24.6 Å². The van der Waals surface area contributed by atoms with Crippen molar-refractivity contribution < 1.29 is 9.69 Å². The highest BCUT2D eigenvalue weighted by atomic mass is 32.2. The molecule has 0 bridgehead atoms. The number of pyridine rings is 1. The molecule has 29 heavy (non-hydrogen) atoms. The first-order chi connectivity index (χ1) is 14.2. The first kappa shape index (κ1) is 19.6. The molecule has 1 aromatic carbocycles. The molecule has 1 amide bonds. The lowest BCUT2D eigenvalue weighted by molar-refractivity contribution is -0.917. The summed E-state index contributed by atoms with van der Waals surface area (Å²) in [6, 6.07) is 14.4. The number of rotatable bonds is 6. The standard InChI is InChI=1S/C21H24N6OS/c1-25-20(18-7-9-22-10-8-18)23-24-21(25)29-16-19(28)27-13-11-26(12-14-27)15-17-5-3-2-4-6-17/h2-10H,11-16H2,1H3/p+1. The van der Waals surface area contributed by atoms with E-state index >= 15 is 0 Å². The molecule has 0 atom stereocenters. The predicted molar refractivity (Wildman–Crippen MR) is 112 cm³/mol. The lowest BCUT2D eigenvalue weighted by atomic mass is 10.2. The summed E-state index contributed by atoms with van der Waals surface area (Å²) in [4.78, 5) is 20.2. The molecule has 1 aliphatic heterocycles. The second-order valence-corrected chi connectivity index (χ2v) is 8.13. The number of aromatic nitrogens is 4. The molecule has 1 fully saturated rings. The summed E-state index contributed by atoms with van der Waals surface area (Å²) in [7, 11) is 1.92. The third kappa shape index (κ3) is 4.83. The predicted octanol–water partition coefficient (Wildman–Crippen LogP) is 0.897. The lowest BCUT2D eigenvalue weighted by Crippen LogP contribution is -3.13. The van der Waals surface area contributed by atoms with Crippen LogP contribution in [0, 0.1) is 0 Å². The van der Waals surface area contributed by atoms with Crippen molar-refractivity contribution in [1.29, 1.82) is 0 Å². The number of nitrogens with one attached hydrogen (secondary N) is 1. The van der Waals surface area contributed by atoms with E-state index in [1.807, 2.05) is 34.7 Å². The maximum absolute atomic E-state index is 12.7. The van der Waals surface area contributed by atoms with Gasteiger partial charge in [0.2, 0.25) is 5.91 Å². The number of hydrogen-bond acceptors (Lipinski definition) is 5. The Balaban J connectivity index is 1.27. The number of thioether (sulfide) groups is 1. The van der Waals surface area contributed by atoms with Crippen LogP contribution in [0.1, 0.15) is 5.56 Å². The Bertz CT molecular complexity index is 938. The quantitative estimate of drug-likeness (QED) is 0.613. The molecule has 7 nitrogen and oxygen atoms in total. The zero-order chi connectivity index (χ0) is 20.1. The van der Waals surface area contributed by atoms with Crippen LogP contribution in [0.4, 0.5) is 0 Å². The second-order valence-electron chi connectivity index (χ2n) is 7.18. The van der Waals surface area contributed by atoms with E-state index in [4.69, 9.17) is 0 Å². The highest BCUT2D eigenvalue weighted by Crippen LogP contribution is 2.22. The largest absolute Gasteiger partial charge is 0.331 e. The van der Waals surface area contributed by atoms with Crippen molar-refractivity contribution in [3.8, 4) is 11.4 Å². The zero-order valence-electron chi connectivity index (χ0n) is 16.5. The Kier molecular flexibility index (Phi) is 6.21. The smallest absolute Gasteiger partial charge is 0.233 e. The maximum Gasteiger partial charge on any atom is 0.233 e. The van der Waals surface area contributed by atoms with Gasteiger partial charge in [-0.1, -0.05) is 42.1 Å². The van der Waals surface area contributed by atoms with Crippen LogP contribution in [0.5, 0.6) is 0 Å². The lowest BCUT2D eigenvalue weighted by Gasteiger charge is -2.32. The Labute approximate surface area is 174 Å². The van der Waals surface area contributed by atoms with E-state index in [-0.39, 0.29) is 5.91 Å². The van der Waals surface area contributed by atoms with Gasteiger partial charge in [-0.3, -0.25) is 9.78 Å². The fourth-order valence-electron chi connectivity index (χ4n) is 3.54. The van der Waals surface area contributed by atoms with E-state index in [1.54, 1.807) is 12.4 Å². The van der Waals surface area contributed by atoms with Crippen LogP contribution in [0.3, 0.4) is 0 Å². The summed E-state index contributed by atoms with van der Waals surface area (Å²) in [5, 5.41) is 9.26. The summed E-state index contributed by atoms with van der Waals surface area (Å²) in [5.74, 6) is 1.33. The minimum atomic E-state index is 0.169. The minimum absolute atomic E-state index is 0.169. The van der Waals surface area contributed by atoms with Crippen LogP contribution < -0.4 is 4.90 Å². The number of hydrogen-bond donors (Lipinski definition) is 1. The van der Waals surface area contributed by atoms with Gasteiger partial charge in [0, 0.05) is 30.6 Å². The number of nitrogens with zero attached hydrogens (tertiary/aromatic N) is 5. The highest BCUT2D eigenvalue weighted by Gasteiger charge is 2.24. The third-order valence-corrected chi connectivity index (χ3v) is 6.22. The molecule has 1 aliphatic rings. The molecule has 0 radical (unpaired) electrons. The van der Waals surface area contributed by atoms with Crippen LogP contribution in [0.25, 0.3) is 11.4 Å². The molecule has 0 saturated carbocycles. The molecular formula is C21H25N6OS+. The SMILES string of the molecule is Cn1c(SCC(=O)N2CC[NH+](Cc3ccccc3)CC2)nnc1-c1ccncc1. The summed E-state index contributed by atoms with van der Waals surface area (Å²) >= 11 is 1.44. The van der Waals surface area contributed by atoms with Gasteiger partial charge >= 0.3 is 0 Å². The number of quaternary nitrogens is 1. The van der Waals surface area contributed by atoms with Gasteiger partial charge in [0.1, 0.15) is 6.54 Å². The average molecular weight is 410 g/mol. The van der Waals surface area contributed by atoms with Crippen molar-refractivity contribution in [2.45, 2.75) is 11.7 Å². The Morgan fingerprint density at radius 3 is 2.52 bits per heavy atom. The summed E-state index contributed by atoms with van der Waals surface area (Å²) in [5.41, 5.74) is 2.32. The summed E-state index contributed by atoms with van der Waals surface area (Å²) in [6.45, 7) is 4.61. The van der Waals surface area contributed by atoms with Crippen LogP contribution in [0.15, 0.2) is 60.0 Å². The molecular weight excluding hydrogens is 384 g/mol. The monoisotopic (exact) mass is 409 g/mol. The van der Waals surface area contributed by atoms with E-state index in [0.29, 0.717) is 5.75 Å². The number of amides is 1. The number of benzene rings is 1. The van der Waals surface area contributed by atoms with Crippen LogP contribution in [0.2, 0.25) is 0 Å². The van der Waals surface area contributed by atoms with Gasteiger partial charge < -0.3 is 14.4 Å². The fourth-order valence-corrected chi connectivity index (χ4v) is 4.36. The van der Waals surface area contributed by atoms with Crippen molar-refractivity contribution in [3.63, 3.8) is 0 Å². The van der Waals surface area contributed by atoms with Gasteiger partial charge in [-0.15, -0.1) is 10.2 Å². The molecule has 2 aromatic heterocycles. The third-order valence-electron chi connectivity index (χ3n) is 5.22. The van der Waals surface area contributed by atoms with Gasteiger partial charge in [0.15, 0.2) is 11.0 Å². The van der Waals surface area contributed by atoms with Gasteiger partial charge in [-0.25, -0.2) is 0 Å². The first-order valence-corrected chi connectivity index (χ1v) is 10.8. The van der Waals surface area contributed by atoms with Crippen LogP contribution >= 0.6 is 11.8 Å². The van der Waals surface area contributed by atoms with E-state index in [1.165, 1.54) is 22.2 Å². The van der Waals surface area contributed by atoms with Crippen molar-refractivity contribution in [3.05, 3.63) is 60.4 Å². The zero-order valence-corrected chi connectivity index (χ0v) is 17.3. The van der Waals surface area contributed by atoms with Gasteiger partial charge in [-0.05, 0) is 12.1 Å². The number of piperazine rings is 1. The normalized spacial score (nSPS) is 14.9. The second kappa shape index (κ2) is 9.19. The number of carbonyl (C=O) groups is 1. The van der Waals surface area contributed by atoms with Crippen LogP contribution in [-0.4, -0.2) is 62.5 Å². The van der Waals surface area contributed by atoms with Crippen molar-refractivity contribution >= 4 is 17.7 Å². The molecule has 3 aromatic rings. The van der Waals surface area contributed by atoms with E-state index < -0.39 is 0 Å².